The van der Waals surface area contributed by atoms with Crippen molar-refractivity contribution in [1.82, 2.24) is 0 Å². The molecule has 0 amide bonds. The molecule has 0 radical (unpaired) electrons. The molecule has 2 heterocycles. The molecule has 21 heavy (non-hydrogen) atoms. The Morgan fingerprint density at radius 1 is 1.57 bits per heavy atom. The predicted octanol–water partition coefficient (Wildman–Crippen LogP) is 3.46. The lowest BCUT2D eigenvalue weighted by atomic mass is 9.67. The lowest BCUT2D eigenvalue weighted by Crippen LogP contribution is -2.65. The molecule has 0 spiro atoms. The molecule has 0 aromatic rings. The van der Waals surface area contributed by atoms with Crippen molar-refractivity contribution in [2.75, 3.05) is 12.4 Å². The summed E-state index contributed by atoms with van der Waals surface area (Å²) in [6, 6.07) is 0. The van der Waals surface area contributed by atoms with Gasteiger partial charge in [0, 0.05) is 18.1 Å². The van der Waals surface area contributed by atoms with Crippen LogP contribution in [0.5, 0.6) is 0 Å². The van der Waals surface area contributed by atoms with Crippen LogP contribution in [0.25, 0.3) is 0 Å². The van der Waals surface area contributed by atoms with E-state index in [0.717, 1.165) is 0 Å². The van der Waals surface area contributed by atoms with Gasteiger partial charge in [-0.05, 0) is 30.0 Å². The fraction of sp³-hybridized carbons (Fsp3) is 0.643. The normalized spacial score (nSPS) is 43.5. The van der Waals surface area contributed by atoms with Crippen LogP contribution < -0.4 is 5.73 Å². The number of amidine groups is 1. The van der Waals surface area contributed by atoms with Gasteiger partial charge in [0.2, 0.25) is 0 Å². The maximum Gasteiger partial charge on any atom is 0.154 e. The van der Waals surface area contributed by atoms with Gasteiger partial charge in [-0.25, -0.2) is 13.8 Å². The Hall–Kier alpha value is -0.400. The molecule has 116 valence electrons. The van der Waals surface area contributed by atoms with E-state index in [4.69, 9.17) is 10.5 Å². The van der Waals surface area contributed by atoms with Crippen LogP contribution in [0.3, 0.4) is 0 Å². The Morgan fingerprint density at radius 3 is 3.05 bits per heavy atom. The Bertz CT molecular complexity index is 553. The molecule has 3 rings (SSSR count). The lowest BCUT2D eigenvalue weighted by Gasteiger charge is -2.52. The molecule has 2 aliphatic heterocycles. The predicted molar refractivity (Wildman–Crippen MR) is 85.0 cm³/mol. The summed E-state index contributed by atoms with van der Waals surface area (Å²) in [5.41, 5.74) is 3.17. The van der Waals surface area contributed by atoms with Crippen molar-refractivity contribution in [1.29, 1.82) is 0 Å². The molecule has 0 aromatic carbocycles. The molecule has 1 saturated heterocycles. The molecule has 1 fully saturated rings. The van der Waals surface area contributed by atoms with Crippen LogP contribution in [-0.2, 0) is 4.74 Å². The van der Waals surface area contributed by atoms with Crippen LogP contribution in [0.15, 0.2) is 27.5 Å². The summed E-state index contributed by atoms with van der Waals surface area (Å²) in [7, 11) is 0. The monoisotopic (exact) mass is 378 g/mol. The zero-order valence-corrected chi connectivity index (χ0v) is 14.0. The summed E-state index contributed by atoms with van der Waals surface area (Å²) in [6.45, 7) is 1.98. The molecule has 0 saturated carbocycles. The van der Waals surface area contributed by atoms with Crippen LogP contribution in [0, 0.1) is 5.92 Å². The number of hydrogen-bond acceptors (Lipinski definition) is 4. The van der Waals surface area contributed by atoms with Crippen LogP contribution in [0.2, 0.25) is 0 Å². The van der Waals surface area contributed by atoms with Gasteiger partial charge in [-0.1, -0.05) is 27.7 Å². The summed E-state index contributed by atoms with van der Waals surface area (Å²) in [4.78, 5) is 4.43. The highest BCUT2D eigenvalue weighted by Crippen LogP contribution is 2.52. The van der Waals surface area contributed by atoms with Crippen molar-refractivity contribution in [3.8, 4) is 0 Å². The molecule has 7 heteroatoms. The standard InChI is InChI=1S/C14H17BrF2N2OS/c1-8-5-13(17)7-21-12(18)19-14(13,6-20-8)9-2-10(15)4-11(16)3-9/h3-4,8-9H,2,5-7H2,1H3,(H2,18,19)/t8-,9?,13+,14+/m0/s1. The highest BCUT2D eigenvalue weighted by atomic mass is 79.9. The average molecular weight is 379 g/mol. The smallest absolute Gasteiger partial charge is 0.154 e. The number of thioether (sulfide) groups is 1. The van der Waals surface area contributed by atoms with Crippen LogP contribution in [0.1, 0.15) is 19.8 Å². The lowest BCUT2D eigenvalue weighted by molar-refractivity contribution is -0.117. The van der Waals surface area contributed by atoms with E-state index >= 15 is 4.39 Å². The second kappa shape index (κ2) is 5.35. The second-order valence-corrected chi connectivity index (χ2v) is 7.92. The third-order valence-corrected chi connectivity index (χ3v) is 5.96. The molecule has 4 atom stereocenters. The van der Waals surface area contributed by atoms with E-state index < -0.39 is 17.1 Å². The molecule has 0 aromatic heterocycles. The molecule has 3 nitrogen and oxygen atoms in total. The third-order valence-electron chi connectivity index (χ3n) is 4.42. The van der Waals surface area contributed by atoms with Gasteiger partial charge in [0.05, 0.1) is 12.7 Å². The molecule has 3 aliphatic rings. The van der Waals surface area contributed by atoms with Gasteiger partial charge < -0.3 is 10.5 Å². The van der Waals surface area contributed by atoms with Gasteiger partial charge in [0.15, 0.2) is 10.8 Å². The topological polar surface area (TPSA) is 47.6 Å². The van der Waals surface area contributed by atoms with Gasteiger partial charge in [-0.15, -0.1) is 0 Å². The third kappa shape index (κ3) is 2.57. The summed E-state index contributed by atoms with van der Waals surface area (Å²) in [5, 5.41) is 0.348. The van der Waals surface area contributed by atoms with Gasteiger partial charge in [-0.2, -0.15) is 0 Å². The number of rotatable bonds is 1. The van der Waals surface area contributed by atoms with Crippen molar-refractivity contribution in [3.63, 3.8) is 0 Å². The van der Waals surface area contributed by atoms with E-state index in [1.807, 2.05) is 6.92 Å². The molecule has 1 unspecified atom stereocenters. The summed E-state index contributed by atoms with van der Waals surface area (Å²) in [5.74, 6) is -0.544. The highest BCUT2D eigenvalue weighted by Gasteiger charge is 2.61. The average Bonchev–Trinajstić information content (AvgIpc) is 2.38. The first-order valence-corrected chi connectivity index (χ1v) is 8.64. The Kier molecular flexibility index (Phi) is 3.95. The number of allylic oxidation sites excluding steroid dienone is 3. The number of aliphatic imine (C=N–C) groups is 1. The van der Waals surface area contributed by atoms with Gasteiger partial charge in [-0.3, -0.25) is 0 Å². The first kappa shape index (κ1) is 15.5. The van der Waals surface area contributed by atoms with E-state index in [9.17, 15) is 4.39 Å². The van der Waals surface area contributed by atoms with E-state index in [2.05, 4.69) is 20.9 Å². The quantitative estimate of drug-likeness (QED) is 0.759. The first-order valence-electron chi connectivity index (χ1n) is 6.87. The minimum atomic E-state index is -1.54. The molecule has 2 N–H and O–H groups in total. The Balaban J connectivity index is 2.06. The number of hydrogen-bond donors (Lipinski definition) is 1. The van der Waals surface area contributed by atoms with Gasteiger partial charge in [0.25, 0.3) is 0 Å². The first-order chi connectivity index (χ1) is 9.84. The number of alkyl halides is 1. The van der Waals surface area contributed by atoms with Crippen LogP contribution in [-0.4, -0.2) is 34.8 Å². The van der Waals surface area contributed by atoms with Gasteiger partial charge >= 0.3 is 0 Å². The summed E-state index contributed by atoms with van der Waals surface area (Å²) in [6.07, 6.45) is 3.44. The summed E-state index contributed by atoms with van der Waals surface area (Å²) >= 11 is 4.55. The second-order valence-electron chi connectivity index (χ2n) is 5.91. The fourth-order valence-corrected chi connectivity index (χ4v) is 4.91. The van der Waals surface area contributed by atoms with Crippen molar-refractivity contribution in [2.45, 2.75) is 37.1 Å². The van der Waals surface area contributed by atoms with Gasteiger partial charge in [0.1, 0.15) is 11.4 Å². The fourth-order valence-electron chi connectivity index (χ4n) is 3.37. The zero-order chi connectivity index (χ0) is 15.3. The maximum atomic E-state index is 15.7. The van der Waals surface area contributed by atoms with E-state index in [-0.39, 0.29) is 30.7 Å². The highest BCUT2D eigenvalue weighted by molar-refractivity contribution is 9.11. The number of nitrogens with two attached hydrogens (primary N) is 1. The van der Waals surface area contributed by atoms with Crippen molar-refractivity contribution in [3.05, 3.63) is 22.5 Å². The van der Waals surface area contributed by atoms with Crippen molar-refractivity contribution >= 4 is 32.9 Å². The summed E-state index contributed by atoms with van der Waals surface area (Å²) < 4.78 is 35.9. The van der Waals surface area contributed by atoms with Crippen LogP contribution >= 0.6 is 27.7 Å². The van der Waals surface area contributed by atoms with E-state index in [1.165, 1.54) is 23.9 Å². The maximum absolute atomic E-state index is 15.7. The SMILES string of the molecule is C[C@H]1C[C@@]2(F)CSC(N)=N[C@@]2(C2C=C(F)C=C(Br)C2)CO1. The number of fused-ring (bicyclic) bond motifs is 1. The van der Waals surface area contributed by atoms with E-state index in [1.54, 1.807) is 0 Å². The van der Waals surface area contributed by atoms with Crippen molar-refractivity contribution in [2.24, 2.45) is 16.6 Å². The molecule has 1 aliphatic carbocycles. The Labute approximate surface area is 135 Å². The molecular formula is C14H17BrF2N2OS. The van der Waals surface area contributed by atoms with Crippen molar-refractivity contribution < 1.29 is 13.5 Å². The van der Waals surface area contributed by atoms with Crippen LogP contribution in [0.4, 0.5) is 8.78 Å². The number of nitrogens with zero attached hydrogens (tertiary/aromatic N) is 1. The minimum Gasteiger partial charge on any atom is -0.379 e. The minimum absolute atomic E-state index is 0.126. The molecular weight excluding hydrogens is 362 g/mol. The number of halogens is 3. The molecule has 0 bridgehead atoms. The number of ether oxygens (including phenoxy) is 1. The largest absolute Gasteiger partial charge is 0.379 e. The zero-order valence-electron chi connectivity index (χ0n) is 11.6. The van der Waals surface area contributed by atoms with E-state index in [0.29, 0.717) is 16.1 Å². The Morgan fingerprint density at radius 2 is 2.33 bits per heavy atom.